The molecule has 0 spiro atoms. The summed E-state index contributed by atoms with van der Waals surface area (Å²) in [6.07, 6.45) is 1.50. The van der Waals surface area contributed by atoms with E-state index in [1.807, 2.05) is 30.3 Å². The maximum atomic E-state index is 13.8. The third-order valence-corrected chi connectivity index (χ3v) is 9.29. The Labute approximate surface area is 309 Å². The second-order valence-electron chi connectivity index (χ2n) is 10.8. The van der Waals surface area contributed by atoms with Crippen molar-refractivity contribution in [1.82, 2.24) is 5.32 Å². The van der Waals surface area contributed by atoms with Gasteiger partial charge in [0.25, 0.3) is 11.8 Å². The highest BCUT2D eigenvalue weighted by molar-refractivity contribution is 8.00. The molecule has 0 aliphatic carbocycles. The third kappa shape index (κ3) is 9.64. The van der Waals surface area contributed by atoms with Crippen LogP contribution in [0.1, 0.15) is 26.7 Å². The van der Waals surface area contributed by atoms with Gasteiger partial charge in [0, 0.05) is 32.8 Å². The number of hydrogen-bond donors (Lipinski definition) is 3. The molecule has 0 aliphatic heterocycles. The smallest absolute Gasteiger partial charge is 0.272 e. The molecule has 5 rings (SSSR count). The zero-order chi connectivity index (χ0) is 36.3. The Hall–Kier alpha value is -5.42. The van der Waals surface area contributed by atoms with Crippen molar-refractivity contribution in [1.29, 1.82) is 0 Å². The number of hydrogen-bond acceptors (Lipinski definition) is 7. The summed E-state index contributed by atoms with van der Waals surface area (Å²) in [5, 5.41) is 8.64. The summed E-state index contributed by atoms with van der Waals surface area (Å²) in [6.45, 7) is 0. The lowest BCUT2D eigenvalue weighted by molar-refractivity contribution is -0.116. The van der Waals surface area contributed by atoms with Crippen molar-refractivity contribution in [3.8, 4) is 17.2 Å². The zero-order valence-corrected chi connectivity index (χ0v) is 30.1. The summed E-state index contributed by atoms with van der Waals surface area (Å²) in [5.74, 6) is -0.122. The standard InChI is InChI=1S/C39H33Cl2N3O6S/c1-48-33-23-35(50-3)34(49-2)21-26(33)20-32(44-37(45)25-12-8-5-9-13-25)38(46)42-28-15-17-29(18-16-28)51-36(24-10-6-4-7-11-24)39(47)43-31-22-27(40)14-19-30(31)41/h4-23,36H,1-3H3,(H,42,46)(H,43,47)(H,44,45)/b32-20-. The number of methoxy groups -OCH3 is 3. The number of nitrogens with one attached hydrogen (secondary N) is 3. The molecule has 0 fully saturated rings. The van der Waals surface area contributed by atoms with Crippen molar-refractivity contribution < 1.29 is 28.6 Å². The number of rotatable bonds is 13. The molecule has 0 bridgehead atoms. The number of halogens is 2. The second kappa shape index (κ2) is 17.5. The van der Waals surface area contributed by atoms with Gasteiger partial charge in [-0.05, 0) is 72.3 Å². The maximum absolute atomic E-state index is 13.8. The molecule has 0 aliphatic rings. The van der Waals surface area contributed by atoms with Gasteiger partial charge in [-0.3, -0.25) is 14.4 Å². The molecule has 0 heterocycles. The van der Waals surface area contributed by atoms with E-state index >= 15 is 0 Å². The van der Waals surface area contributed by atoms with Gasteiger partial charge in [-0.15, -0.1) is 11.8 Å². The van der Waals surface area contributed by atoms with E-state index in [4.69, 9.17) is 37.4 Å². The van der Waals surface area contributed by atoms with Gasteiger partial charge in [0.05, 0.1) is 32.0 Å². The fourth-order valence-electron chi connectivity index (χ4n) is 4.91. The van der Waals surface area contributed by atoms with Gasteiger partial charge in [0.15, 0.2) is 11.5 Å². The molecule has 5 aromatic rings. The third-order valence-electron chi connectivity index (χ3n) is 7.46. The van der Waals surface area contributed by atoms with Gasteiger partial charge in [-0.2, -0.15) is 0 Å². The number of benzene rings is 5. The van der Waals surface area contributed by atoms with E-state index in [9.17, 15) is 14.4 Å². The summed E-state index contributed by atoms with van der Waals surface area (Å²) in [5.41, 5.74) is 2.42. The van der Waals surface area contributed by atoms with Crippen molar-refractivity contribution in [3.63, 3.8) is 0 Å². The lowest BCUT2D eigenvalue weighted by Gasteiger charge is -2.18. The molecule has 0 saturated carbocycles. The highest BCUT2D eigenvalue weighted by Crippen LogP contribution is 2.38. The molecule has 0 aromatic heterocycles. The first-order chi connectivity index (χ1) is 24.7. The van der Waals surface area contributed by atoms with Crippen LogP contribution in [-0.4, -0.2) is 39.1 Å². The van der Waals surface area contributed by atoms with Crippen LogP contribution < -0.4 is 30.2 Å². The Balaban J connectivity index is 1.39. The first-order valence-corrected chi connectivity index (χ1v) is 17.1. The highest BCUT2D eigenvalue weighted by atomic mass is 35.5. The molecule has 260 valence electrons. The molecule has 5 aromatic carbocycles. The van der Waals surface area contributed by atoms with Crippen LogP contribution >= 0.6 is 35.0 Å². The molecule has 1 unspecified atom stereocenters. The first-order valence-electron chi connectivity index (χ1n) is 15.5. The van der Waals surface area contributed by atoms with Gasteiger partial charge in [0.2, 0.25) is 5.91 Å². The number of anilines is 2. The first kappa shape index (κ1) is 36.9. The Morgan fingerprint density at radius 3 is 1.98 bits per heavy atom. The van der Waals surface area contributed by atoms with Crippen LogP contribution in [0.5, 0.6) is 17.2 Å². The fraction of sp³-hybridized carbons (Fsp3) is 0.103. The topological polar surface area (TPSA) is 115 Å². The maximum Gasteiger partial charge on any atom is 0.272 e. The SMILES string of the molecule is COc1cc(OC)c(OC)cc1/C=C(\NC(=O)c1ccccc1)C(=O)Nc1ccc(SC(C(=O)Nc2cc(Cl)ccc2Cl)c2ccccc2)cc1. The largest absolute Gasteiger partial charge is 0.496 e. The van der Waals surface area contributed by atoms with Crippen LogP contribution in [0.2, 0.25) is 10.0 Å². The molecule has 0 radical (unpaired) electrons. The van der Waals surface area contributed by atoms with Crippen molar-refractivity contribution in [2.75, 3.05) is 32.0 Å². The average Bonchev–Trinajstić information content (AvgIpc) is 3.15. The summed E-state index contributed by atoms with van der Waals surface area (Å²) >= 11 is 13.8. The summed E-state index contributed by atoms with van der Waals surface area (Å²) in [4.78, 5) is 41.3. The van der Waals surface area contributed by atoms with E-state index in [0.717, 1.165) is 10.5 Å². The van der Waals surface area contributed by atoms with Crippen LogP contribution in [0.25, 0.3) is 6.08 Å². The predicted octanol–water partition coefficient (Wildman–Crippen LogP) is 8.90. The van der Waals surface area contributed by atoms with E-state index in [-0.39, 0.29) is 11.6 Å². The molecule has 51 heavy (non-hydrogen) atoms. The van der Waals surface area contributed by atoms with E-state index < -0.39 is 17.1 Å². The fourth-order valence-corrected chi connectivity index (χ4v) is 6.27. The molecule has 3 N–H and O–H groups in total. The second-order valence-corrected chi connectivity index (χ2v) is 12.8. The Bertz CT molecular complexity index is 2040. The van der Waals surface area contributed by atoms with Crippen molar-refractivity contribution in [2.45, 2.75) is 10.1 Å². The number of amides is 3. The normalized spacial score (nSPS) is 11.6. The minimum Gasteiger partial charge on any atom is -0.496 e. The quantitative estimate of drug-likeness (QED) is 0.0816. The van der Waals surface area contributed by atoms with Crippen LogP contribution in [0, 0.1) is 0 Å². The molecule has 3 amide bonds. The van der Waals surface area contributed by atoms with Crippen molar-refractivity contribution >= 4 is 70.1 Å². The number of carbonyl (C=O) groups is 3. The Morgan fingerprint density at radius 1 is 0.706 bits per heavy atom. The Morgan fingerprint density at radius 2 is 1.33 bits per heavy atom. The van der Waals surface area contributed by atoms with E-state index in [1.54, 1.807) is 84.9 Å². The molecular formula is C39H33Cl2N3O6S. The van der Waals surface area contributed by atoms with E-state index in [2.05, 4.69) is 16.0 Å². The van der Waals surface area contributed by atoms with Crippen LogP contribution in [0.3, 0.4) is 0 Å². The van der Waals surface area contributed by atoms with Crippen molar-refractivity contribution in [3.05, 3.63) is 148 Å². The van der Waals surface area contributed by atoms with Gasteiger partial charge in [0.1, 0.15) is 16.7 Å². The van der Waals surface area contributed by atoms with Gasteiger partial charge >= 0.3 is 0 Å². The lowest BCUT2D eigenvalue weighted by Crippen LogP contribution is -2.30. The van der Waals surface area contributed by atoms with Gasteiger partial charge < -0.3 is 30.2 Å². The van der Waals surface area contributed by atoms with Crippen LogP contribution in [-0.2, 0) is 9.59 Å². The number of carbonyl (C=O) groups excluding carboxylic acids is 3. The summed E-state index contributed by atoms with van der Waals surface area (Å²) < 4.78 is 16.4. The number of ether oxygens (including phenoxy) is 3. The lowest BCUT2D eigenvalue weighted by atomic mass is 10.1. The minimum absolute atomic E-state index is 0.0479. The zero-order valence-electron chi connectivity index (χ0n) is 27.7. The Kier molecular flexibility index (Phi) is 12.6. The predicted molar refractivity (Wildman–Crippen MR) is 203 cm³/mol. The summed E-state index contributed by atoms with van der Waals surface area (Å²) in [6, 6.07) is 33.0. The molecule has 0 saturated heterocycles. The monoisotopic (exact) mass is 741 g/mol. The van der Waals surface area contributed by atoms with Gasteiger partial charge in [-0.25, -0.2) is 0 Å². The minimum atomic E-state index is -0.638. The van der Waals surface area contributed by atoms with Crippen molar-refractivity contribution in [2.24, 2.45) is 0 Å². The van der Waals surface area contributed by atoms with Crippen LogP contribution in [0.4, 0.5) is 11.4 Å². The van der Waals surface area contributed by atoms with Crippen LogP contribution in [0.15, 0.2) is 126 Å². The molecular weight excluding hydrogens is 709 g/mol. The van der Waals surface area contributed by atoms with E-state index in [0.29, 0.717) is 49.8 Å². The molecule has 12 heteroatoms. The molecule has 9 nitrogen and oxygen atoms in total. The highest BCUT2D eigenvalue weighted by Gasteiger charge is 2.24. The van der Waals surface area contributed by atoms with E-state index in [1.165, 1.54) is 39.2 Å². The summed E-state index contributed by atoms with van der Waals surface area (Å²) in [7, 11) is 4.48. The average molecular weight is 743 g/mol. The molecule has 1 atom stereocenters. The number of thioether (sulfide) groups is 1. The van der Waals surface area contributed by atoms with Gasteiger partial charge in [-0.1, -0.05) is 71.7 Å².